The number of H-pyrrole nitrogens is 1. The molecule has 5 nitrogen and oxygen atoms in total. The van der Waals surface area contributed by atoms with Crippen LogP contribution in [0.2, 0.25) is 10.0 Å². The number of nitrogens with zero attached hydrogens (tertiary/aromatic N) is 1. The summed E-state index contributed by atoms with van der Waals surface area (Å²) in [4.78, 5) is 0.0409. The number of nitrogens with one attached hydrogen (secondary N) is 1. The van der Waals surface area contributed by atoms with Gasteiger partial charge in [0.2, 0.25) is 10.0 Å². The minimum absolute atomic E-state index is 0.0409. The summed E-state index contributed by atoms with van der Waals surface area (Å²) in [5.41, 5.74) is 2.86. The Hall–Kier alpha value is -1.86. The normalized spacial score (nSPS) is 11.6. The van der Waals surface area contributed by atoms with Gasteiger partial charge in [-0.1, -0.05) is 35.3 Å². The van der Waals surface area contributed by atoms with Crippen LogP contribution in [0.4, 0.5) is 0 Å². The molecule has 0 atom stereocenters. The lowest BCUT2D eigenvalue weighted by Crippen LogP contribution is -2.11. The van der Waals surface area contributed by atoms with Gasteiger partial charge in [-0.25, -0.2) is 13.6 Å². The summed E-state index contributed by atoms with van der Waals surface area (Å²) in [5, 5.41) is 13.2. The van der Waals surface area contributed by atoms with Crippen LogP contribution in [0.5, 0.6) is 0 Å². The molecule has 0 saturated heterocycles. The quantitative estimate of drug-likeness (QED) is 0.739. The van der Waals surface area contributed by atoms with Gasteiger partial charge < -0.3 is 0 Å². The van der Waals surface area contributed by atoms with Crippen molar-refractivity contribution in [2.45, 2.75) is 4.90 Å². The molecular formula is C15H11Cl2N3O2S. The molecular weight excluding hydrogens is 357 g/mol. The number of rotatable bonds is 3. The number of benzene rings is 2. The molecule has 3 rings (SSSR count). The van der Waals surface area contributed by atoms with Gasteiger partial charge in [-0.05, 0) is 30.3 Å². The first-order valence-electron chi connectivity index (χ1n) is 6.49. The van der Waals surface area contributed by atoms with Crippen molar-refractivity contribution in [1.82, 2.24) is 10.2 Å². The average Bonchev–Trinajstić information content (AvgIpc) is 2.98. The molecule has 0 aliphatic carbocycles. The molecule has 3 aromatic rings. The van der Waals surface area contributed by atoms with Crippen LogP contribution in [0.3, 0.4) is 0 Å². The molecule has 2 aromatic carbocycles. The Kier molecular flexibility index (Phi) is 4.16. The maximum absolute atomic E-state index is 11.3. The third-order valence-corrected chi connectivity index (χ3v) is 4.81. The van der Waals surface area contributed by atoms with Gasteiger partial charge in [-0.15, -0.1) is 0 Å². The second kappa shape index (κ2) is 5.98. The number of aromatic amines is 1. The first-order chi connectivity index (χ1) is 10.9. The highest BCUT2D eigenvalue weighted by Crippen LogP contribution is 2.36. The molecule has 0 aliphatic rings. The molecule has 23 heavy (non-hydrogen) atoms. The predicted molar refractivity (Wildman–Crippen MR) is 90.9 cm³/mol. The first kappa shape index (κ1) is 16.0. The van der Waals surface area contributed by atoms with E-state index in [0.717, 1.165) is 16.7 Å². The van der Waals surface area contributed by atoms with Crippen molar-refractivity contribution in [3.05, 3.63) is 58.7 Å². The lowest BCUT2D eigenvalue weighted by Gasteiger charge is -2.06. The number of sulfonamides is 1. The van der Waals surface area contributed by atoms with Crippen LogP contribution in [0.1, 0.15) is 0 Å². The molecule has 1 aromatic heterocycles. The fraction of sp³-hybridized carbons (Fsp3) is 0. The standard InChI is InChI=1S/C15H11Cl2N3O2S/c16-10-3-6-14(17)12(7-10)13-8-19-20-15(13)9-1-4-11(5-2-9)23(18,21)22/h1-8H,(H,19,20)(H2,18,21,22). The zero-order chi connectivity index (χ0) is 16.6. The summed E-state index contributed by atoms with van der Waals surface area (Å²) in [7, 11) is -3.73. The van der Waals surface area contributed by atoms with Crippen LogP contribution in [-0.4, -0.2) is 18.6 Å². The second-order valence-electron chi connectivity index (χ2n) is 4.84. The number of hydrogen-bond donors (Lipinski definition) is 2. The van der Waals surface area contributed by atoms with Gasteiger partial charge in [0.15, 0.2) is 0 Å². The zero-order valence-corrected chi connectivity index (χ0v) is 14.0. The number of halogens is 2. The molecule has 0 bridgehead atoms. The third-order valence-electron chi connectivity index (χ3n) is 3.32. The largest absolute Gasteiger partial charge is 0.284 e. The average molecular weight is 368 g/mol. The van der Waals surface area contributed by atoms with E-state index in [1.165, 1.54) is 12.1 Å². The van der Waals surface area contributed by atoms with E-state index in [4.69, 9.17) is 28.3 Å². The van der Waals surface area contributed by atoms with E-state index in [9.17, 15) is 8.42 Å². The van der Waals surface area contributed by atoms with Crippen molar-refractivity contribution in [3.8, 4) is 22.4 Å². The summed E-state index contributed by atoms with van der Waals surface area (Å²) in [6, 6.07) is 11.3. The lowest BCUT2D eigenvalue weighted by atomic mass is 10.0. The van der Waals surface area contributed by atoms with E-state index in [1.807, 2.05) is 0 Å². The van der Waals surface area contributed by atoms with Crippen molar-refractivity contribution in [2.75, 3.05) is 0 Å². The SMILES string of the molecule is NS(=O)(=O)c1ccc(-c2n[nH]cc2-c2cc(Cl)ccc2Cl)cc1. The number of primary sulfonamides is 1. The first-order valence-corrected chi connectivity index (χ1v) is 8.79. The van der Waals surface area contributed by atoms with Crippen LogP contribution in [0.25, 0.3) is 22.4 Å². The summed E-state index contributed by atoms with van der Waals surface area (Å²) < 4.78 is 22.7. The van der Waals surface area contributed by atoms with Gasteiger partial charge >= 0.3 is 0 Å². The molecule has 0 saturated carbocycles. The Morgan fingerprint density at radius 3 is 2.35 bits per heavy atom. The molecule has 0 unspecified atom stereocenters. The van der Waals surface area contributed by atoms with E-state index in [2.05, 4.69) is 10.2 Å². The van der Waals surface area contributed by atoms with Gasteiger partial charge in [0, 0.05) is 32.9 Å². The maximum atomic E-state index is 11.3. The van der Waals surface area contributed by atoms with Crippen LogP contribution < -0.4 is 5.14 Å². The summed E-state index contributed by atoms with van der Waals surface area (Å²) in [5.74, 6) is 0. The predicted octanol–water partition coefficient (Wildman–Crippen LogP) is 3.70. The molecule has 0 aliphatic heterocycles. The molecule has 1 heterocycles. The van der Waals surface area contributed by atoms with E-state index >= 15 is 0 Å². The number of aromatic nitrogens is 2. The molecule has 0 spiro atoms. The fourth-order valence-electron chi connectivity index (χ4n) is 2.22. The Morgan fingerprint density at radius 1 is 1.00 bits per heavy atom. The van der Waals surface area contributed by atoms with Crippen LogP contribution in [0.15, 0.2) is 53.6 Å². The van der Waals surface area contributed by atoms with E-state index < -0.39 is 10.0 Å². The highest BCUT2D eigenvalue weighted by Gasteiger charge is 2.15. The molecule has 3 N–H and O–H groups in total. The number of nitrogens with two attached hydrogens (primary N) is 1. The van der Waals surface area contributed by atoms with Crippen molar-refractivity contribution in [3.63, 3.8) is 0 Å². The van der Waals surface area contributed by atoms with Crippen LogP contribution >= 0.6 is 23.2 Å². The van der Waals surface area contributed by atoms with Crippen LogP contribution in [0, 0.1) is 0 Å². The monoisotopic (exact) mass is 367 g/mol. The Balaban J connectivity index is 2.10. The highest BCUT2D eigenvalue weighted by atomic mass is 35.5. The van der Waals surface area contributed by atoms with Crippen molar-refractivity contribution in [2.24, 2.45) is 5.14 Å². The third kappa shape index (κ3) is 3.25. The van der Waals surface area contributed by atoms with E-state index in [0.29, 0.717) is 15.7 Å². The topological polar surface area (TPSA) is 88.8 Å². The molecule has 0 radical (unpaired) electrons. The Morgan fingerprint density at radius 2 is 1.70 bits per heavy atom. The van der Waals surface area contributed by atoms with E-state index in [-0.39, 0.29) is 4.90 Å². The minimum Gasteiger partial charge on any atom is -0.284 e. The molecule has 8 heteroatoms. The summed E-state index contributed by atoms with van der Waals surface area (Å²) >= 11 is 12.3. The highest BCUT2D eigenvalue weighted by molar-refractivity contribution is 7.89. The van der Waals surface area contributed by atoms with Crippen molar-refractivity contribution < 1.29 is 8.42 Å². The zero-order valence-electron chi connectivity index (χ0n) is 11.6. The summed E-state index contributed by atoms with van der Waals surface area (Å²) in [6.07, 6.45) is 1.71. The van der Waals surface area contributed by atoms with Gasteiger partial charge in [-0.2, -0.15) is 5.10 Å². The minimum atomic E-state index is -3.73. The Labute approximate surface area is 143 Å². The van der Waals surface area contributed by atoms with Crippen molar-refractivity contribution in [1.29, 1.82) is 0 Å². The van der Waals surface area contributed by atoms with Crippen LogP contribution in [-0.2, 0) is 10.0 Å². The van der Waals surface area contributed by atoms with E-state index in [1.54, 1.807) is 36.5 Å². The number of hydrogen-bond acceptors (Lipinski definition) is 3. The molecule has 0 fully saturated rings. The fourth-order valence-corrected chi connectivity index (χ4v) is 3.13. The Bertz CT molecular complexity index is 967. The van der Waals surface area contributed by atoms with Crippen molar-refractivity contribution >= 4 is 33.2 Å². The second-order valence-corrected chi connectivity index (χ2v) is 7.25. The molecule has 118 valence electrons. The summed E-state index contributed by atoms with van der Waals surface area (Å²) in [6.45, 7) is 0. The smallest absolute Gasteiger partial charge is 0.238 e. The van der Waals surface area contributed by atoms with Gasteiger partial charge in [0.1, 0.15) is 0 Å². The maximum Gasteiger partial charge on any atom is 0.238 e. The molecule has 0 amide bonds. The van der Waals surface area contributed by atoms with Gasteiger partial charge in [0.25, 0.3) is 0 Å². The van der Waals surface area contributed by atoms with Gasteiger partial charge in [0.05, 0.1) is 10.6 Å². The van der Waals surface area contributed by atoms with Gasteiger partial charge in [-0.3, -0.25) is 5.10 Å². The lowest BCUT2D eigenvalue weighted by molar-refractivity contribution is 0.598.